The van der Waals surface area contributed by atoms with E-state index in [-0.39, 0.29) is 0 Å². The Morgan fingerprint density at radius 1 is 1.14 bits per heavy atom. The van der Waals surface area contributed by atoms with Gasteiger partial charge in [-0.25, -0.2) is 0 Å². The fourth-order valence-electron chi connectivity index (χ4n) is 2.86. The largest absolute Gasteiger partial charge is 0.495 e. The summed E-state index contributed by atoms with van der Waals surface area (Å²) >= 11 is 7.13. The standard InChI is InChI=1S/C17H17Br2NO/c1-10-3-4-11-5-6-15(12(11)7-10)20-16-9-17(21-2)14(19)8-13(16)18/h3-4,7-9,15,20H,5-6H2,1-2H3. The van der Waals surface area contributed by atoms with Gasteiger partial charge in [0.2, 0.25) is 0 Å². The predicted molar refractivity (Wildman–Crippen MR) is 94.3 cm³/mol. The van der Waals surface area contributed by atoms with E-state index >= 15 is 0 Å². The number of hydrogen-bond acceptors (Lipinski definition) is 2. The lowest BCUT2D eigenvalue weighted by molar-refractivity contribution is 0.412. The van der Waals surface area contributed by atoms with Crippen molar-refractivity contribution in [2.75, 3.05) is 12.4 Å². The van der Waals surface area contributed by atoms with E-state index in [0.29, 0.717) is 6.04 Å². The monoisotopic (exact) mass is 409 g/mol. The number of anilines is 1. The molecule has 1 N–H and O–H groups in total. The molecule has 2 aromatic rings. The quantitative estimate of drug-likeness (QED) is 0.707. The maximum Gasteiger partial charge on any atom is 0.135 e. The average molecular weight is 411 g/mol. The Kier molecular flexibility index (Phi) is 4.27. The van der Waals surface area contributed by atoms with Crippen LogP contribution in [0.25, 0.3) is 0 Å². The molecule has 110 valence electrons. The Balaban J connectivity index is 1.91. The summed E-state index contributed by atoms with van der Waals surface area (Å²) in [6.45, 7) is 2.15. The van der Waals surface area contributed by atoms with E-state index in [2.05, 4.69) is 62.3 Å². The van der Waals surface area contributed by atoms with Gasteiger partial charge in [-0.15, -0.1) is 0 Å². The lowest BCUT2D eigenvalue weighted by atomic mass is 10.0. The zero-order chi connectivity index (χ0) is 15.0. The number of ether oxygens (including phenoxy) is 1. The van der Waals surface area contributed by atoms with E-state index in [4.69, 9.17) is 4.74 Å². The first kappa shape index (κ1) is 14.9. The van der Waals surface area contributed by atoms with Gasteiger partial charge in [-0.05, 0) is 68.8 Å². The molecular formula is C17H17Br2NO. The highest BCUT2D eigenvalue weighted by atomic mass is 79.9. The topological polar surface area (TPSA) is 21.3 Å². The molecule has 1 aliphatic carbocycles. The minimum absolute atomic E-state index is 0.363. The maximum absolute atomic E-state index is 5.39. The van der Waals surface area contributed by atoms with Crippen molar-refractivity contribution in [1.29, 1.82) is 0 Å². The van der Waals surface area contributed by atoms with E-state index in [1.54, 1.807) is 7.11 Å². The van der Waals surface area contributed by atoms with Gasteiger partial charge in [0, 0.05) is 10.5 Å². The van der Waals surface area contributed by atoms with Crippen LogP contribution in [0.2, 0.25) is 0 Å². The molecule has 4 heteroatoms. The minimum Gasteiger partial charge on any atom is -0.495 e. The van der Waals surface area contributed by atoms with Crippen LogP contribution in [0.5, 0.6) is 5.75 Å². The molecular weight excluding hydrogens is 394 g/mol. The molecule has 0 amide bonds. The molecule has 0 saturated carbocycles. The zero-order valence-electron chi connectivity index (χ0n) is 12.0. The summed E-state index contributed by atoms with van der Waals surface area (Å²) in [7, 11) is 1.69. The van der Waals surface area contributed by atoms with Crippen molar-refractivity contribution in [3.8, 4) is 5.75 Å². The van der Waals surface area contributed by atoms with Crippen molar-refractivity contribution in [2.24, 2.45) is 0 Å². The van der Waals surface area contributed by atoms with Crippen LogP contribution in [0.1, 0.15) is 29.2 Å². The highest BCUT2D eigenvalue weighted by Gasteiger charge is 2.23. The molecule has 0 heterocycles. The smallest absolute Gasteiger partial charge is 0.135 e. The highest BCUT2D eigenvalue weighted by molar-refractivity contribution is 9.11. The third-order valence-electron chi connectivity index (χ3n) is 3.95. The van der Waals surface area contributed by atoms with Crippen LogP contribution in [0.15, 0.2) is 39.3 Å². The van der Waals surface area contributed by atoms with E-state index in [9.17, 15) is 0 Å². The number of rotatable bonds is 3. The first-order chi connectivity index (χ1) is 10.1. The minimum atomic E-state index is 0.363. The third kappa shape index (κ3) is 2.97. The molecule has 0 aromatic heterocycles. The summed E-state index contributed by atoms with van der Waals surface area (Å²) in [5, 5.41) is 3.65. The van der Waals surface area contributed by atoms with Gasteiger partial charge in [0.05, 0.1) is 23.3 Å². The molecule has 3 rings (SSSR count). The van der Waals surface area contributed by atoms with E-state index in [0.717, 1.165) is 33.2 Å². The van der Waals surface area contributed by atoms with Crippen molar-refractivity contribution in [2.45, 2.75) is 25.8 Å². The zero-order valence-corrected chi connectivity index (χ0v) is 15.2. The lowest BCUT2D eigenvalue weighted by Crippen LogP contribution is -2.08. The summed E-state index contributed by atoms with van der Waals surface area (Å²) in [5.41, 5.74) is 5.26. The number of fused-ring (bicyclic) bond motifs is 1. The summed E-state index contributed by atoms with van der Waals surface area (Å²) in [4.78, 5) is 0. The van der Waals surface area contributed by atoms with Gasteiger partial charge < -0.3 is 10.1 Å². The van der Waals surface area contributed by atoms with E-state index in [1.807, 2.05) is 12.1 Å². The van der Waals surface area contributed by atoms with Crippen LogP contribution in [0.4, 0.5) is 5.69 Å². The van der Waals surface area contributed by atoms with E-state index < -0.39 is 0 Å². The summed E-state index contributed by atoms with van der Waals surface area (Å²) in [6, 6.07) is 11.2. The van der Waals surface area contributed by atoms with Gasteiger partial charge in [0.25, 0.3) is 0 Å². The van der Waals surface area contributed by atoms with Crippen molar-refractivity contribution < 1.29 is 4.74 Å². The molecule has 0 saturated heterocycles. The number of benzene rings is 2. The van der Waals surface area contributed by atoms with Crippen LogP contribution < -0.4 is 10.1 Å². The van der Waals surface area contributed by atoms with Gasteiger partial charge in [0.1, 0.15) is 5.75 Å². The van der Waals surface area contributed by atoms with Crippen molar-refractivity contribution in [3.63, 3.8) is 0 Å². The highest BCUT2D eigenvalue weighted by Crippen LogP contribution is 2.39. The number of halogens is 2. The molecule has 0 fully saturated rings. The Bertz CT molecular complexity index is 685. The molecule has 2 aromatic carbocycles. The Labute approximate surface area is 142 Å². The lowest BCUT2D eigenvalue weighted by Gasteiger charge is -2.18. The Hall–Kier alpha value is -1.000. The fraction of sp³-hybridized carbons (Fsp3) is 0.294. The normalized spacial score (nSPS) is 16.7. The van der Waals surface area contributed by atoms with Gasteiger partial charge in [-0.1, -0.05) is 23.8 Å². The summed E-state index contributed by atoms with van der Waals surface area (Å²) in [6.07, 6.45) is 2.27. The molecule has 0 aliphatic heterocycles. The number of methoxy groups -OCH3 is 1. The van der Waals surface area contributed by atoms with Crippen LogP contribution in [0.3, 0.4) is 0 Å². The summed E-state index contributed by atoms with van der Waals surface area (Å²) < 4.78 is 7.37. The van der Waals surface area contributed by atoms with Gasteiger partial charge >= 0.3 is 0 Å². The molecule has 21 heavy (non-hydrogen) atoms. The third-order valence-corrected chi connectivity index (χ3v) is 5.23. The SMILES string of the molecule is COc1cc(NC2CCc3ccc(C)cc32)c(Br)cc1Br. The fourth-order valence-corrected chi connectivity index (χ4v) is 4.13. The Morgan fingerprint density at radius 3 is 2.71 bits per heavy atom. The molecule has 0 radical (unpaired) electrons. The van der Waals surface area contributed by atoms with Crippen molar-refractivity contribution in [1.82, 2.24) is 0 Å². The van der Waals surface area contributed by atoms with Gasteiger partial charge in [-0.3, -0.25) is 0 Å². The maximum atomic E-state index is 5.39. The van der Waals surface area contributed by atoms with Crippen molar-refractivity contribution in [3.05, 3.63) is 56.0 Å². The van der Waals surface area contributed by atoms with Gasteiger partial charge in [0.15, 0.2) is 0 Å². The molecule has 2 nitrogen and oxygen atoms in total. The molecule has 0 bridgehead atoms. The van der Waals surface area contributed by atoms with Gasteiger partial charge in [-0.2, -0.15) is 0 Å². The average Bonchev–Trinajstić information content (AvgIpc) is 2.84. The predicted octanol–water partition coefficient (Wildman–Crippen LogP) is 5.63. The van der Waals surface area contributed by atoms with E-state index in [1.165, 1.54) is 16.7 Å². The van der Waals surface area contributed by atoms with Crippen LogP contribution in [-0.4, -0.2) is 7.11 Å². The molecule has 1 atom stereocenters. The number of aryl methyl sites for hydroxylation is 2. The van der Waals surface area contributed by atoms with Crippen LogP contribution >= 0.6 is 31.9 Å². The first-order valence-corrected chi connectivity index (χ1v) is 8.56. The first-order valence-electron chi connectivity index (χ1n) is 6.97. The second kappa shape index (κ2) is 6.01. The van der Waals surface area contributed by atoms with Crippen LogP contribution in [-0.2, 0) is 6.42 Å². The van der Waals surface area contributed by atoms with Crippen LogP contribution in [0, 0.1) is 6.92 Å². The second-order valence-corrected chi connectivity index (χ2v) is 7.11. The summed E-state index contributed by atoms with van der Waals surface area (Å²) in [5.74, 6) is 0.836. The second-order valence-electron chi connectivity index (χ2n) is 5.40. The number of hydrogen-bond donors (Lipinski definition) is 1. The molecule has 1 aliphatic rings. The number of nitrogens with one attached hydrogen (secondary N) is 1. The molecule has 0 spiro atoms. The van der Waals surface area contributed by atoms with Crippen molar-refractivity contribution >= 4 is 37.5 Å². The molecule has 1 unspecified atom stereocenters. The Morgan fingerprint density at radius 2 is 1.95 bits per heavy atom.